The quantitative estimate of drug-likeness (QED) is 0.249. The van der Waals surface area contributed by atoms with Crippen molar-refractivity contribution in [3.63, 3.8) is 0 Å². The van der Waals surface area contributed by atoms with Gasteiger partial charge >= 0.3 is 11.9 Å². The van der Waals surface area contributed by atoms with Gasteiger partial charge in [-0.3, -0.25) is 19.7 Å². The predicted octanol–water partition coefficient (Wildman–Crippen LogP) is 3.78. The summed E-state index contributed by atoms with van der Waals surface area (Å²) in [5.41, 5.74) is 1.50. The van der Waals surface area contributed by atoms with Crippen LogP contribution >= 0.6 is 0 Å². The number of anilines is 2. The summed E-state index contributed by atoms with van der Waals surface area (Å²) in [5, 5.41) is 19.1. The number of fused-ring (bicyclic) bond motifs is 1. The Balaban J connectivity index is 1.50. The van der Waals surface area contributed by atoms with E-state index in [2.05, 4.69) is 25.9 Å². The van der Waals surface area contributed by atoms with Gasteiger partial charge in [0.05, 0.1) is 18.8 Å². The molecule has 0 bridgehead atoms. The standard InChI is InChI=1S/C31H43N5O7/c1-6-42-24(37)16-15-23(28(40)43-7-2)33-26(38)21-13-11-19(12-14-21)9-8-10-20-17-22-25(32-18-20)34-30(35-27(22)39)36-29(41)31(3,4)5/h11-14,20,23H,6-10,15-18H2,1-5H3,(H,33,38)(H3,32,34,35,36,39,41)/t20?,23-/m0/s1. The molecule has 0 saturated heterocycles. The van der Waals surface area contributed by atoms with Crippen LogP contribution in [0.4, 0.5) is 11.8 Å². The van der Waals surface area contributed by atoms with Crippen LogP contribution in [0.3, 0.4) is 0 Å². The zero-order valence-corrected chi connectivity index (χ0v) is 25.6. The van der Waals surface area contributed by atoms with Crippen molar-refractivity contribution in [3.05, 3.63) is 41.0 Å². The molecule has 12 nitrogen and oxygen atoms in total. The number of carbonyl (C=O) groups is 4. The lowest BCUT2D eigenvalue weighted by molar-refractivity contribution is -0.146. The molecule has 0 aliphatic carbocycles. The van der Waals surface area contributed by atoms with Crippen molar-refractivity contribution in [1.29, 1.82) is 0 Å². The zero-order chi connectivity index (χ0) is 31.6. The number of nitrogens with zero attached hydrogens (tertiary/aromatic N) is 2. The summed E-state index contributed by atoms with van der Waals surface area (Å²) >= 11 is 0. The third-order valence-electron chi connectivity index (χ3n) is 7.06. The van der Waals surface area contributed by atoms with E-state index in [4.69, 9.17) is 9.47 Å². The molecule has 2 amide bonds. The van der Waals surface area contributed by atoms with Crippen LogP contribution in [0.25, 0.3) is 0 Å². The second-order valence-corrected chi connectivity index (χ2v) is 11.6. The van der Waals surface area contributed by atoms with E-state index in [-0.39, 0.29) is 49.7 Å². The van der Waals surface area contributed by atoms with Crippen LogP contribution in [0.2, 0.25) is 0 Å². The van der Waals surface area contributed by atoms with Gasteiger partial charge in [-0.05, 0) is 69.6 Å². The van der Waals surface area contributed by atoms with Crippen molar-refractivity contribution in [2.45, 2.75) is 79.2 Å². The molecule has 0 spiro atoms. The fourth-order valence-electron chi connectivity index (χ4n) is 4.60. The number of carbonyl (C=O) groups excluding carboxylic acids is 4. The monoisotopic (exact) mass is 597 g/mol. The molecule has 1 unspecified atom stereocenters. The molecule has 2 heterocycles. The van der Waals surface area contributed by atoms with E-state index in [1.807, 2.05) is 12.1 Å². The lowest BCUT2D eigenvalue weighted by Gasteiger charge is -2.26. The number of benzene rings is 1. The van der Waals surface area contributed by atoms with Crippen molar-refractivity contribution in [1.82, 2.24) is 15.3 Å². The molecule has 3 rings (SSSR count). The molecule has 1 aromatic carbocycles. The Kier molecular flexibility index (Phi) is 11.8. The van der Waals surface area contributed by atoms with Gasteiger partial charge in [-0.2, -0.15) is 9.97 Å². The summed E-state index contributed by atoms with van der Waals surface area (Å²) < 4.78 is 9.97. The Morgan fingerprint density at radius 3 is 2.42 bits per heavy atom. The highest BCUT2D eigenvalue weighted by Crippen LogP contribution is 2.32. The fourth-order valence-corrected chi connectivity index (χ4v) is 4.60. The summed E-state index contributed by atoms with van der Waals surface area (Å²) in [5.74, 6) is -0.943. The van der Waals surface area contributed by atoms with Gasteiger partial charge < -0.3 is 25.2 Å². The van der Waals surface area contributed by atoms with Gasteiger partial charge in [-0.25, -0.2) is 4.79 Å². The van der Waals surface area contributed by atoms with E-state index >= 15 is 0 Å². The topological polar surface area (TPSA) is 169 Å². The third-order valence-corrected chi connectivity index (χ3v) is 7.06. The zero-order valence-electron chi connectivity index (χ0n) is 25.6. The molecule has 234 valence electrons. The molecule has 1 aromatic heterocycles. The van der Waals surface area contributed by atoms with E-state index in [1.54, 1.807) is 46.8 Å². The van der Waals surface area contributed by atoms with Crippen LogP contribution in [0.5, 0.6) is 5.88 Å². The molecule has 0 fully saturated rings. The number of aromatic nitrogens is 2. The molecule has 12 heteroatoms. The maximum atomic E-state index is 12.8. The summed E-state index contributed by atoms with van der Waals surface area (Å²) in [6, 6.07) is 6.23. The molecular weight excluding hydrogens is 554 g/mol. The van der Waals surface area contributed by atoms with E-state index in [0.717, 1.165) is 24.8 Å². The Morgan fingerprint density at radius 2 is 1.77 bits per heavy atom. The SMILES string of the molecule is CCOC(=O)CC[C@H](NC(=O)c1ccc(CCCC2CNc3nc(NC(=O)C(C)(C)C)nc(O)c3C2)cc1)C(=O)OCC. The first kappa shape index (κ1) is 33.3. The molecule has 0 radical (unpaired) electrons. The van der Waals surface area contributed by atoms with E-state index in [1.165, 1.54) is 0 Å². The number of hydrogen-bond acceptors (Lipinski definition) is 10. The van der Waals surface area contributed by atoms with Gasteiger partial charge in [0.25, 0.3) is 5.91 Å². The Bertz CT molecular complexity index is 1290. The van der Waals surface area contributed by atoms with E-state index in [0.29, 0.717) is 29.9 Å². The minimum Gasteiger partial charge on any atom is -0.493 e. The molecule has 2 aromatic rings. The third kappa shape index (κ3) is 9.93. The molecule has 4 N–H and O–H groups in total. The van der Waals surface area contributed by atoms with Crippen molar-refractivity contribution < 1.29 is 33.8 Å². The average molecular weight is 598 g/mol. The summed E-state index contributed by atoms with van der Waals surface area (Å²) in [7, 11) is 0. The number of aryl methyl sites for hydroxylation is 1. The normalized spacial score (nSPS) is 15.0. The molecule has 2 atom stereocenters. The summed E-state index contributed by atoms with van der Waals surface area (Å²) in [6.07, 6.45) is 3.30. The first-order valence-electron chi connectivity index (χ1n) is 14.8. The van der Waals surface area contributed by atoms with Crippen LogP contribution in [-0.2, 0) is 36.7 Å². The summed E-state index contributed by atoms with van der Waals surface area (Å²) in [4.78, 5) is 57.6. The Hall–Kier alpha value is -4.22. The van der Waals surface area contributed by atoms with Gasteiger partial charge in [0.15, 0.2) is 0 Å². The Labute approximate surface area is 252 Å². The van der Waals surface area contributed by atoms with Crippen LogP contribution in [0.15, 0.2) is 24.3 Å². The van der Waals surface area contributed by atoms with E-state index in [9.17, 15) is 24.3 Å². The lowest BCUT2D eigenvalue weighted by atomic mass is 9.91. The summed E-state index contributed by atoms with van der Waals surface area (Å²) in [6.45, 7) is 9.83. The van der Waals surface area contributed by atoms with E-state index < -0.39 is 29.3 Å². The van der Waals surface area contributed by atoms with Crippen LogP contribution < -0.4 is 16.0 Å². The molecular formula is C31H43N5O7. The number of esters is 2. The predicted molar refractivity (Wildman–Crippen MR) is 161 cm³/mol. The second kappa shape index (κ2) is 15.3. The smallest absolute Gasteiger partial charge is 0.328 e. The van der Waals surface area contributed by atoms with Gasteiger partial charge in [0.2, 0.25) is 17.7 Å². The minimum absolute atomic E-state index is 0.0119. The second-order valence-electron chi connectivity index (χ2n) is 11.6. The van der Waals surface area contributed by atoms with Gasteiger partial charge in [0.1, 0.15) is 11.9 Å². The van der Waals surface area contributed by atoms with Gasteiger partial charge in [0, 0.05) is 23.9 Å². The maximum absolute atomic E-state index is 12.8. The number of aromatic hydroxyl groups is 1. The maximum Gasteiger partial charge on any atom is 0.328 e. The number of nitrogens with one attached hydrogen (secondary N) is 3. The number of amides is 2. The van der Waals surface area contributed by atoms with Crippen molar-refractivity contribution >= 4 is 35.5 Å². The fraction of sp³-hybridized carbons (Fsp3) is 0.548. The van der Waals surface area contributed by atoms with Crippen molar-refractivity contribution in [2.75, 3.05) is 30.4 Å². The largest absolute Gasteiger partial charge is 0.493 e. The highest BCUT2D eigenvalue weighted by atomic mass is 16.5. The first-order chi connectivity index (χ1) is 20.4. The van der Waals surface area contributed by atoms with Crippen molar-refractivity contribution in [2.24, 2.45) is 11.3 Å². The number of hydrogen-bond donors (Lipinski definition) is 4. The first-order valence-corrected chi connectivity index (χ1v) is 14.8. The van der Waals surface area contributed by atoms with Crippen molar-refractivity contribution in [3.8, 4) is 5.88 Å². The van der Waals surface area contributed by atoms with Crippen LogP contribution in [-0.4, -0.2) is 64.6 Å². The molecule has 1 aliphatic rings. The number of rotatable bonds is 13. The molecule has 0 saturated carbocycles. The lowest BCUT2D eigenvalue weighted by Crippen LogP contribution is -2.42. The highest BCUT2D eigenvalue weighted by molar-refractivity contribution is 5.97. The van der Waals surface area contributed by atoms with Gasteiger partial charge in [-0.15, -0.1) is 0 Å². The highest BCUT2D eigenvalue weighted by Gasteiger charge is 2.27. The minimum atomic E-state index is -0.954. The van der Waals surface area contributed by atoms with Crippen LogP contribution in [0, 0.1) is 11.3 Å². The number of ether oxygens (including phenoxy) is 2. The average Bonchev–Trinajstić information content (AvgIpc) is 2.95. The van der Waals surface area contributed by atoms with Gasteiger partial charge in [-0.1, -0.05) is 32.9 Å². The molecule has 1 aliphatic heterocycles. The molecule has 43 heavy (non-hydrogen) atoms. The van der Waals surface area contributed by atoms with Crippen LogP contribution in [0.1, 0.15) is 81.8 Å². The Morgan fingerprint density at radius 1 is 1.07 bits per heavy atom.